The fraction of sp³-hybridized carbons (Fsp3) is 0.378. The van der Waals surface area contributed by atoms with Crippen LogP contribution in [0, 0.1) is 5.82 Å². The molecule has 268 valence electrons. The number of halogens is 3. The molecule has 2 aliphatic heterocycles. The number of nitrogens with zero attached hydrogens (tertiary/aromatic N) is 5. The summed E-state index contributed by atoms with van der Waals surface area (Å²) in [5.41, 5.74) is 4.00. The van der Waals surface area contributed by atoms with E-state index in [1.807, 2.05) is 24.1 Å². The van der Waals surface area contributed by atoms with Crippen molar-refractivity contribution in [3.05, 3.63) is 81.8 Å². The van der Waals surface area contributed by atoms with Crippen LogP contribution in [0.15, 0.2) is 54.9 Å². The van der Waals surface area contributed by atoms with Crippen LogP contribution in [-0.2, 0) is 22.7 Å². The second kappa shape index (κ2) is 16.3. The summed E-state index contributed by atoms with van der Waals surface area (Å²) in [4.78, 5) is 40.7. The molecule has 0 bridgehead atoms. The number of methoxy groups -OCH3 is 1. The number of carbonyl (C=O) groups is 2. The van der Waals surface area contributed by atoms with Gasteiger partial charge in [0.1, 0.15) is 0 Å². The van der Waals surface area contributed by atoms with Crippen molar-refractivity contribution in [2.75, 3.05) is 39.1 Å². The van der Waals surface area contributed by atoms with Crippen LogP contribution in [0.4, 0.5) is 15.9 Å². The summed E-state index contributed by atoms with van der Waals surface area (Å²) >= 11 is 13.9. The molecule has 51 heavy (non-hydrogen) atoms. The minimum Gasteiger partial charge on any atom is -0.481 e. The number of pyridine rings is 3. The lowest BCUT2D eigenvalue weighted by atomic mass is 10.0. The minimum atomic E-state index is -0.481. The highest BCUT2D eigenvalue weighted by molar-refractivity contribution is 6.39. The lowest BCUT2D eigenvalue weighted by Gasteiger charge is -2.31. The number of amides is 2. The number of rotatable bonds is 12. The van der Waals surface area contributed by atoms with Gasteiger partial charge in [-0.3, -0.25) is 14.6 Å². The number of likely N-dealkylation sites (N-methyl/N-ethyl adjacent to an activating group) is 1. The zero-order valence-electron chi connectivity index (χ0n) is 28.8. The quantitative estimate of drug-likeness (QED) is 0.156. The Morgan fingerprint density at radius 2 is 1.76 bits per heavy atom. The molecular weight excluding hydrogens is 694 g/mol. The van der Waals surface area contributed by atoms with E-state index in [0.29, 0.717) is 88.8 Å². The van der Waals surface area contributed by atoms with Gasteiger partial charge in [0.25, 0.3) is 0 Å². The molecule has 2 amide bonds. The van der Waals surface area contributed by atoms with E-state index in [4.69, 9.17) is 32.9 Å². The molecule has 5 heterocycles. The molecule has 2 fully saturated rings. The fourth-order valence-corrected chi connectivity index (χ4v) is 7.11. The van der Waals surface area contributed by atoms with Crippen molar-refractivity contribution in [1.29, 1.82) is 0 Å². The maximum absolute atomic E-state index is 15.7. The van der Waals surface area contributed by atoms with Gasteiger partial charge in [-0.1, -0.05) is 41.4 Å². The van der Waals surface area contributed by atoms with Crippen LogP contribution in [0.25, 0.3) is 22.5 Å². The van der Waals surface area contributed by atoms with Crippen LogP contribution in [0.3, 0.4) is 0 Å². The molecule has 2 saturated heterocycles. The Hall–Kier alpha value is -4.36. The van der Waals surface area contributed by atoms with Gasteiger partial charge in [0.05, 0.1) is 34.2 Å². The predicted octanol–water partition coefficient (Wildman–Crippen LogP) is 6.21. The predicted molar refractivity (Wildman–Crippen MR) is 197 cm³/mol. The number of ether oxygens (including phenoxy) is 1. The van der Waals surface area contributed by atoms with Crippen LogP contribution in [-0.4, -0.2) is 82.4 Å². The topological polar surface area (TPSA) is 125 Å². The Balaban J connectivity index is 1.16. The van der Waals surface area contributed by atoms with Crippen molar-refractivity contribution in [3.8, 4) is 28.4 Å². The van der Waals surface area contributed by atoms with E-state index in [1.165, 1.54) is 0 Å². The average molecular weight is 736 g/mol. The van der Waals surface area contributed by atoms with Gasteiger partial charge in [0.15, 0.2) is 11.6 Å². The molecular formula is C37H41Cl2FN8O3. The molecule has 0 spiro atoms. The van der Waals surface area contributed by atoms with Gasteiger partial charge in [-0.2, -0.15) is 0 Å². The van der Waals surface area contributed by atoms with Crippen LogP contribution in [0.5, 0.6) is 5.88 Å². The number of carbonyl (C=O) groups excluding carboxylic acids is 2. The number of benzene rings is 1. The molecule has 1 aromatic carbocycles. The number of aromatic nitrogens is 3. The van der Waals surface area contributed by atoms with E-state index < -0.39 is 5.82 Å². The first kappa shape index (κ1) is 36.4. The third kappa shape index (κ3) is 8.25. The first-order chi connectivity index (χ1) is 24.6. The third-order valence-electron chi connectivity index (χ3n) is 9.62. The number of likely N-dealkylation sites (tertiary alicyclic amines) is 2. The molecule has 0 aliphatic carbocycles. The SMILES string of the molecule is COc1nc(-c2ccnc(-c3cccc(Nc4nccc(CNC5CCN(C(C)=O)CC5)c4F)c3Cl)c2Cl)ccc1CNC[C@H]1CCC(=O)N1C. The van der Waals surface area contributed by atoms with Crippen molar-refractivity contribution < 1.29 is 18.7 Å². The van der Waals surface area contributed by atoms with E-state index >= 15 is 4.39 Å². The monoisotopic (exact) mass is 734 g/mol. The van der Waals surface area contributed by atoms with Crippen LogP contribution >= 0.6 is 23.2 Å². The highest BCUT2D eigenvalue weighted by Gasteiger charge is 2.27. The van der Waals surface area contributed by atoms with Gasteiger partial charge in [-0.15, -0.1) is 0 Å². The van der Waals surface area contributed by atoms with Crippen LogP contribution < -0.4 is 20.7 Å². The summed E-state index contributed by atoms with van der Waals surface area (Å²) in [5.74, 6) is 0.269. The molecule has 2 aliphatic rings. The zero-order chi connectivity index (χ0) is 36.1. The van der Waals surface area contributed by atoms with Crippen LogP contribution in [0.2, 0.25) is 10.0 Å². The number of nitrogens with one attached hydrogen (secondary N) is 3. The largest absolute Gasteiger partial charge is 0.481 e. The molecule has 1 atom stereocenters. The molecule has 6 rings (SSSR count). The van der Waals surface area contributed by atoms with Gasteiger partial charge in [0, 0.05) is 99.8 Å². The number of hydrogen-bond acceptors (Lipinski definition) is 9. The Morgan fingerprint density at radius 1 is 0.980 bits per heavy atom. The summed E-state index contributed by atoms with van der Waals surface area (Å²) < 4.78 is 21.3. The zero-order valence-corrected chi connectivity index (χ0v) is 30.3. The Labute approximate surface area is 306 Å². The van der Waals surface area contributed by atoms with E-state index in [0.717, 1.165) is 24.8 Å². The maximum Gasteiger partial charge on any atom is 0.222 e. The molecule has 4 aromatic rings. The van der Waals surface area contributed by atoms with Crippen molar-refractivity contribution in [1.82, 2.24) is 35.4 Å². The van der Waals surface area contributed by atoms with E-state index in [2.05, 4.69) is 25.9 Å². The number of anilines is 2. The molecule has 3 aromatic heterocycles. The first-order valence-electron chi connectivity index (χ1n) is 17.0. The highest BCUT2D eigenvalue weighted by Crippen LogP contribution is 2.41. The summed E-state index contributed by atoms with van der Waals surface area (Å²) in [6.45, 7) is 4.48. The van der Waals surface area contributed by atoms with Crippen molar-refractivity contribution in [3.63, 3.8) is 0 Å². The lowest BCUT2D eigenvalue weighted by molar-refractivity contribution is -0.130. The van der Waals surface area contributed by atoms with Gasteiger partial charge in [-0.05, 0) is 43.5 Å². The van der Waals surface area contributed by atoms with Crippen molar-refractivity contribution >= 4 is 46.5 Å². The molecule has 0 radical (unpaired) electrons. The average Bonchev–Trinajstić information content (AvgIpc) is 3.46. The van der Waals surface area contributed by atoms with Crippen LogP contribution in [0.1, 0.15) is 43.7 Å². The van der Waals surface area contributed by atoms with Crippen molar-refractivity contribution in [2.45, 2.75) is 57.8 Å². The summed E-state index contributed by atoms with van der Waals surface area (Å²) in [5, 5.41) is 10.5. The standard InChI is InChI=1S/C37H41Cl2FN8O3/c1-22(49)48-17-13-25(14-18-48)44-20-23-11-15-43-36(34(23)40)45-30-6-4-5-28(32(30)38)35-33(39)27(12-16-42-35)29-9-7-24(37(46-29)51-3)19-41-21-26-8-10-31(50)47(26)2/h4-7,9,11-12,15-16,25-26,41,44H,8,10,13-14,17-21H2,1-3H3,(H,43,45)/t26-/m1/s1. The summed E-state index contributed by atoms with van der Waals surface area (Å²) in [7, 11) is 3.41. The van der Waals surface area contributed by atoms with Gasteiger partial charge in [0.2, 0.25) is 17.7 Å². The van der Waals surface area contributed by atoms with Crippen molar-refractivity contribution in [2.24, 2.45) is 0 Å². The van der Waals surface area contributed by atoms with Gasteiger partial charge in [-0.25, -0.2) is 14.4 Å². The molecule has 3 N–H and O–H groups in total. The molecule has 11 nitrogen and oxygen atoms in total. The Kier molecular flexibility index (Phi) is 11.7. The van der Waals surface area contributed by atoms with E-state index in [-0.39, 0.29) is 29.7 Å². The van der Waals surface area contributed by atoms with E-state index in [1.54, 1.807) is 61.7 Å². The second-order valence-electron chi connectivity index (χ2n) is 12.8. The van der Waals surface area contributed by atoms with E-state index in [9.17, 15) is 9.59 Å². The number of hydrogen-bond donors (Lipinski definition) is 3. The first-order valence-corrected chi connectivity index (χ1v) is 17.7. The summed E-state index contributed by atoms with van der Waals surface area (Å²) in [6.07, 6.45) is 6.24. The molecule has 14 heteroatoms. The molecule has 0 saturated carbocycles. The third-order valence-corrected chi connectivity index (χ3v) is 10.4. The fourth-order valence-electron chi connectivity index (χ4n) is 6.54. The van der Waals surface area contributed by atoms with Gasteiger partial charge >= 0.3 is 0 Å². The number of piperidine rings is 1. The summed E-state index contributed by atoms with van der Waals surface area (Å²) in [6, 6.07) is 12.9. The normalized spacial score (nSPS) is 16.5. The maximum atomic E-state index is 15.7. The molecule has 0 unspecified atom stereocenters. The lowest BCUT2D eigenvalue weighted by Crippen LogP contribution is -2.44. The Bertz CT molecular complexity index is 1910. The second-order valence-corrected chi connectivity index (χ2v) is 13.6. The van der Waals surface area contributed by atoms with Gasteiger partial charge < -0.3 is 30.5 Å². The smallest absolute Gasteiger partial charge is 0.222 e. The Morgan fingerprint density at radius 3 is 2.49 bits per heavy atom. The highest BCUT2D eigenvalue weighted by atomic mass is 35.5. The minimum absolute atomic E-state index is 0.0437.